The fourth-order valence-electron chi connectivity index (χ4n) is 2.53. The minimum absolute atomic E-state index is 0.264. The number of hydrogen-bond donors (Lipinski definition) is 0. The van der Waals surface area contributed by atoms with Crippen LogP contribution in [0.2, 0.25) is 0 Å². The zero-order chi connectivity index (χ0) is 13.7. The maximum atomic E-state index is 11.9. The van der Waals surface area contributed by atoms with Crippen LogP contribution in [0.1, 0.15) is 32.6 Å². The Bertz CT molecular complexity index is 401. The highest BCUT2D eigenvalue weighted by Crippen LogP contribution is 2.20. The van der Waals surface area contributed by atoms with Crippen molar-refractivity contribution in [1.29, 1.82) is 0 Å². The van der Waals surface area contributed by atoms with Gasteiger partial charge in [-0.15, -0.1) is 0 Å². The lowest BCUT2D eigenvalue weighted by Gasteiger charge is -2.37. The van der Waals surface area contributed by atoms with Gasteiger partial charge in [0, 0.05) is 45.0 Å². The molecule has 1 amide bonds. The smallest absolute Gasteiger partial charge is 0.222 e. The van der Waals surface area contributed by atoms with Crippen molar-refractivity contribution in [3.05, 3.63) is 18.6 Å². The minimum atomic E-state index is 0.264. The molecule has 1 aliphatic rings. The molecule has 1 aromatic heterocycles. The average molecular weight is 262 g/mol. The topological polar surface area (TPSA) is 49.3 Å². The standard InChI is InChI=1S/C14H22N4O/c1-3-4-14(19)17(2)12-5-9-18(10-6-12)13-11-15-7-8-16-13/h7-8,11-12H,3-6,9-10H2,1-2H3. The third-order valence-electron chi connectivity index (χ3n) is 3.74. The summed E-state index contributed by atoms with van der Waals surface area (Å²) in [6.07, 6.45) is 8.78. The summed E-state index contributed by atoms with van der Waals surface area (Å²) in [6.45, 7) is 3.92. The molecule has 0 atom stereocenters. The van der Waals surface area contributed by atoms with Crippen LogP contribution in [0.4, 0.5) is 5.82 Å². The van der Waals surface area contributed by atoms with Crippen LogP contribution in [0.5, 0.6) is 0 Å². The molecule has 0 aromatic carbocycles. The molecule has 0 spiro atoms. The van der Waals surface area contributed by atoms with Gasteiger partial charge in [0.05, 0.1) is 6.20 Å². The lowest BCUT2D eigenvalue weighted by molar-refractivity contribution is -0.132. The van der Waals surface area contributed by atoms with E-state index in [2.05, 4.69) is 14.9 Å². The molecule has 5 nitrogen and oxygen atoms in total. The van der Waals surface area contributed by atoms with Crippen molar-refractivity contribution in [1.82, 2.24) is 14.9 Å². The molecule has 0 unspecified atom stereocenters. The molecular weight excluding hydrogens is 240 g/mol. The van der Waals surface area contributed by atoms with Crippen LogP contribution < -0.4 is 4.90 Å². The first-order chi connectivity index (χ1) is 9.22. The van der Waals surface area contributed by atoms with Crippen LogP contribution in [0, 0.1) is 0 Å². The number of piperidine rings is 1. The number of aromatic nitrogens is 2. The summed E-state index contributed by atoms with van der Waals surface area (Å²) in [6, 6.07) is 0.368. The first-order valence-electron chi connectivity index (χ1n) is 6.99. The van der Waals surface area contributed by atoms with Crippen LogP contribution in [0.25, 0.3) is 0 Å². The number of hydrogen-bond acceptors (Lipinski definition) is 4. The summed E-state index contributed by atoms with van der Waals surface area (Å²) >= 11 is 0. The summed E-state index contributed by atoms with van der Waals surface area (Å²) in [5.41, 5.74) is 0. The molecule has 1 saturated heterocycles. The van der Waals surface area contributed by atoms with Crippen LogP contribution >= 0.6 is 0 Å². The molecule has 0 N–H and O–H groups in total. The van der Waals surface area contributed by atoms with Gasteiger partial charge in [0.2, 0.25) is 5.91 Å². The van der Waals surface area contributed by atoms with E-state index in [1.54, 1.807) is 18.6 Å². The van der Waals surface area contributed by atoms with E-state index in [1.807, 2.05) is 18.9 Å². The second-order valence-electron chi connectivity index (χ2n) is 5.04. The largest absolute Gasteiger partial charge is 0.355 e. The van der Waals surface area contributed by atoms with Crippen LogP contribution in [0.15, 0.2) is 18.6 Å². The van der Waals surface area contributed by atoms with E-state index in [0.717, 1.165) is 38.2 Å². The van der Waals surface area contributed by atoms with Gasteiger partial charge in [-0.25, -0.2) is 4.98 Å². The van der Waals surface area contributed by atoms with E-state index in [1.165, 1.54) is 0 Å². The van der Waals surface area contributed by atoms with Gasteiger partial charge in [0.15, 0.2) is 0 Å². The predicted molar refractivity (Wildman–Crippen MR) is 74.9 cm³/mol. The van der Waals surface area contributed by atoms with Gasteiger partial charge in [-0.1, -0.05) is 6.92 Å². The van der Waals surface area contributed by atoms with Crippen molar-refractivity contribution in [2.45, 2.75) is 38.6 Å². The van der Waals surface area contributed by atoms with Crippen molar-refractivity contribution >= 4 is 11.7 Å². The van der Waals surface area contributed by atoms with Crippen molar-refractivity contribution in [3.63, 3.8) is 0 Å². The van der Waals surface area contributed by atoms with Crippen LogP contribution in [0.3, 0.4) is 0 Å². The van der Waals surface area contributed by atoms with Crippen molar-refractivity contribution < 1.29 is 4.79 Å². The molecule has 0 radical (unpaired) electrons. The highest BCUT2D eigenvalue weighted by Gasteiger charge is 2.25. The van der Waals surface area contributed by atoms with Gasteiger partial charge in [-0.2, -0.15) is 0 Å². The second-order valence-corrected chi connectivity index (χ2v) is 5.04. The molecule has 1 fully saturated rings. The van der Waals surface area contributed by atoms with Crippen LogP contribution in [-0.4, -0.2) is 47.0 Å². The van der Waals surface area contributed by atoms with Gasteiger partial charge < -0.3 is 9.80 Å². The molecule has 0 bridgehead atoms. The molecule has 5 heteroatoms. The Morgan fingerprint density at radius 3 is 2.74 bits per heavy atom. The Morgan fingerprint density at radius 2 is 2.16 bits per heavy atom. The highest BCUT2D eigenvalue weighted by molar-refractivity contribution is 5.76. The number of nitrogens with zero attached hydrogens (tertiary/aromatic N) is 4. The number of carbonyl (C=O) groups is 1. The predicted octanol–water partition coefficient (Wildman–Crippen LogP) is 1.70. The monoisotopic (exact) mass is 262 g/mol. The summed E-state index contributed by atoms with van der Waals surface area (Å²) in [5.74, 6) is 1.20. The Labute approximate surface area is 114 Å². The fraction of sp³-hybridized carbons (Fsp3) is 0.643. The molecule has 0 saturated carbocycles. The molecule has 1 aliphatic heterocycles. The first kappa shape index (κ1) is 13.8. The van der Waals surface area contributed by atoms with E-state index in [9.17, 15) is 4.79 Å². The molecule has 19 heavy (non-hydrogen) atoms. The highest BCUT2D eigenvalue weighted by atomic mass is 16.2. The van der Waals surface area contributed by atoms with Gasteiger partial charge in [0.25, 0.3) is 0 Å². The quantitative estimate of drug-likeness (QED) is 0.828. The molecule has 2 rings (SSSR count). The Morgan fingerprint density at radius 1 is 1.42 bits per heavy atom. The normalized spacial score (nSPS) is 16.4. The SMILES string of the molecule is CCCC(=O)N(C)C1CCN(c2cnccn2)CC1. The lowest BCUT2D eigenvalue weighted by atomic mass is 10.0. The molecule has 0 aliphatic carbocycles. The Kier molecular flexibility index (Phi) is 4.71. The van der Waals surface area contributed by atoms with E-state index in [4.69, 9.17) is 0 Å². The molecule has 1 aromatic rings. The average Bonchev–Trinajstić information content (AvgIpc) is 2.48. The Hall–Kier alpha value is -1.65. The zero-order valence-corrected chi connectivity index (χ0v) is 11.7. The third-order valence-corrected chi connectivity index (χ3v) is 3.74. The molecule has 2 heterocycles. The molecular formula is C14H22N4O. The number of anilines is 1. The van der Waals surface area contributed by atoms with Crippen molar-refractivity contribution in [3.8, 4) is 0 Å². The number of carbonyl (C=O) groups excluding carboxylic acids is 1. The Balaban J connectivity index is 1.87. The fourth-order valence-corrected chi connectivity index (χ4v) is 2.53. The van der Waals surface area contributed by atoms with Gasteiger partial charge in [-0.05, 0) is 19.3 Å². The maximum absolute atomic E-state index is 11.9. The number of rotatable bonds is 4. The van der Waals surface area contributed by atoms with Gasteiger partial charge >= 0.3 is 0 Å². The lowest BCUT2D eigenvalue weighted by Crippen LogP contribution is -2.45. The summed E-state index contributed by atoms with van der Waals surface area (Å²) < 4.78 is 0. The van der Waals surface area contributed by atoms with Crippen molar-refractivity contribution in [2.75, 3.05) is 25.0 Å². The second kappa shape index (κ2) is 6.50. The van der Waals surface area contributed by atoms with E-state index < -0.39 is 0 Å². The van der Waals surface area contributed by atoms with E-state index in [-0.39, 0.29) is 5.91 Å². The third kappa shape index (κ3) is 3.43. The molecule has 104 valence electrons. The van der Waals surface area contributed by atoms with Gasteiger partial charge in [-0.3, -0.25) is 9.78 Å². The van der Waals surface area contributed by atoms with E-state index >= 15 is 0 Å². The summed E-state index contributed by atoms with van der Waals surface area (Å²) in [7, 11) is 1.93. The van der Waals surface area contributed by atoms with Gasteiger partial charge in [0.1, 0.15) is 5.82 Å². The van der Waals surface area contributed by atoms with Crippen LogP contribution in [-0.2, 0) is 4.79 Å². The maximum Gasteiger partial charge on any atom is 0.222 e. The minimum Gasteiger partial charge on any atom is -0.355 e. The summed E-state index contributed by atoms with van der Waals surface area (Å²) in [5, 5.41) is 0. The summed E-state index contributed by atoms with van der Waals surface area (Å²) in [4.78, 5) is 24.5. The van der Waals surface area contributed by atoms with Crippen molar-refractivity contribution in [2.24, 2.45) is 0 Å². The van der Waals surface area contributed by atoms with E-state index in [0.29, 0.717) is 12.5 Å². The first-order valence-corrected chi connectivity index (χ1v) is 6.99. The number of amides is 1. The zero-order valence-electron chi connectivity index (χ0n) is 11.7.